The molecule has 0 aromatic carbocycles. The van der Waals surface area contributed by atoms with E-state index < -0.39 is 0 Å². The van der Waals surface area contributed by atoms with Crippen LogP contribution in [0.4, 0.5) is 0 Å². The summed E-state index contributed by atoms with van der Waals surface area (Å²) in [6.07, 6.45) is 12.4. The van der Waals surface area contributed by atoms with Gasteiger partial charge in [-0.2, -0.15) is 5.26 Å². The van der Waals surface area contributed by atoms with Crippen molar-refractivity contribution in [3.8, 4) is 6.07 Å². The van der Waals surface area contributed by atoms with Crippen LogP contribution in [0.2, 0.25) is 0 Å². The molecule has 1 heterocycles. The Labute approximate surface area is 98.3 Å². The lowest BCUT2D eigenvalue weighted by Gasteiger charge is -2.01. The van der Waals surface area contributed by atoms with Gasteiger partial charge in [-0.3, -0.25) is 4.98 Å². The van der Waals surface area contributed by atoms with Crippen molar-refractivity contribution in [1.82, 2.24) is 4.98 Å². The van der Waals surface area contributed by atoms with Crippen LogP contribution in [0.1, 0.15) is 56.6 Å². The second-order valence-electron chi connectivity index (χ2n) is 4.21. The second-order valence-corrected chi connectivity index (χ2v) is 4.21. The molecule has 16 heavy (non-hydrogen) atoms. The summed E-state index contributed by atoms with van der Waals surface area (Å²) >= 11 is 0. The van der Waals surface area contributed by atoms with Gasteiger partial charge >= 0.3 is 0 Å². The highest BCUT2D eigenvalue weighted by molar-refractivity contribution is 5.28. The van der Waals surface area contributed by atoms with Crippen LogP contribution in [-0.2, 0) is 6.42 Å². The normalized spacial score (nSPS) is 10.0. The molecule has 0 N–H and O–H groups in total. The Morgan fingerprint density at radius 1 is 1.12 bits per heavy atom. The van der Waals surface area contributed by atoms with Crippen LogP contribution in [-0.4, -0.2) is 4.98 Å². The van der Waals surface area contributed by atoms with Gasteiger partial charge in [0, 0.05) is 12.4 Å². The van der Waals surface area contributed by atoms with Crippen LogP contribution < -0.4 is 0 Å². The maximum absolute atomic E-state index is 8.74. The van der Waals surface area contributed by atoms with Crippen LogP contribution in [0.3, 0.4) is 0 Å². The highest BCUT2D eigenvalue weighted by Gasteiger charge is 1.96. The predicted octanol–water partition coefficient (Wildman–Crippen LogP) is 3.86. The summed E-state index contributed by atoms with van der Waals surface area (Å²) in [4.78, 5) is 4.06. The minimum Gasteiger partial charge on any atom is -0.263 e. The summed E-state index contributed by atoms with van der Waals surface area (Å²) in [7, 11) is 0. The molecule has 0 bridgehead atoms. The zero-order valence-electron chi connectivity index (χ0n) is 10.1. The summed E-state index contributed by atoms with van der Waals surface area (Å²) < 4.78 is 0. The van der Waals surface area contributed by atoms with Crippen LogP contribution in [0.15, 0.2) is 18.5 Å². The van der Waals surface area contributed by atoms with Crippen molar-refractivity contribution in [2.24, 2.45) is 0 Å². The molecule has 1 aromatic rings. The Morgan fingerprint density at radius 2 is 1.88 bits per heavy atom. The van der Waals surface area contributed by atoms with E-state index >= 15 is 0 Å². The van der Waals surface area contributed by atoms with Gasteiger partial charge in [-0.15, -0.1) is 0 Å². The molecule has 0 spiro atoms. The molecule has 86 valence electrons. The van der Waals surface area contributed by atoms with E-state index in [4.69, 9.17) is 5.26 Å². The van der Waals surface area contributed by atoms with Gasteiger partial charge in [-0.25, -0.2) is 0 Å². The molecule has 0 atom stereocenters. The first-order chi connectivity index (χ1) is 7.86. The molecular weight excluding hydrogens is 196 g/mol. The topological polar surface area (TPSA) is 36.7 Å². The Balaban J connectivity index is 2.19. The van der Waals surface area contributed by atoms with Gasteiger partial charge in [0.15, 0.2) is 0 Å². The number of hydrogen-bond acceptors (Lipinski definition) is 2. The summed E-state index contributed by atoms with van der Waals surface area (Å²) in [5.41, 5.74) is 1.86. The van der Waals surface area contributed by atoms with E-state index in [1.807, 2.05) is 12.3 Å². The van der Waals surface area contributed by atoms with Crippen molar-refractivity contribution < 1.29 is 0 Å². The molecule has 0 unspecified atom stereocenters. The number of aryl methyl sites for hydroxylation is 1. The summed E-state index contributed by atoms with van der Waals surface area (Å²) in [5.74, 6) is 0. The van der Waals surface area contributed by atoms with E-state index in [9.17, 15) is 0 Å². The predicted molar refractivity (Wildman–Crippen MR) is 66.0 cm³/mol. The Morgan fingerprint density at radius 3 is 2.62 bits per heavy atom. The average molecular weight is 216 g/mol. The summed E-state index contributed by atoms with van der Waals surface area (Å²) in [6.45, 7) is 2.24. The number of hydrogen-bond donors (Lipinski definition) is 0. The van der Waals surface area contributed by atoms with Crippen molar-refractivity contribution in [1.29, 1.82) is 5.26 Å². The van der Waals surface area contributed by atoms with Crippen LogP contribution in [0.25, 0.3) is 0 Å². The lowest BCUT2D eigenvalue weighted by atomic mass is 10.1. The smallest absolute Gasteiger partial charge is 0.101 e. The minimum absolute atomic E-state index is 0.670. The molecule has 0 radical (unpaired) electrons. The SMILES string of the molecule is CCCCCCCCc1cncc(C#N)c1. The van der Waals surface area contributed by atoms with Gasteiger partial charge in [-0.1, -0.05) is 39.0 Å². The number of aromatic nitrogens is 1. The lowest BCUT2D eigenvalue weighted by Crippen LogP contribution is -1.89. The van der Waals surface area contributed by atoms with Gasteiger partial charge in [0.25, 0.3) is 0 Å². The molecule has 1 aromatic heterocycles. The monoisotopic (exact) mass is 216 g/mol. The molecule has 0 amide bonds. The number of nitriles is 1. The Kier molecular flexibility index (Phi) is 6.25. The van der Waals surface area contributed by atoms with E-state index in [0.717, 1.165) is 6.42 Å². The van der Waals surface area contributed by atoms with Gasteiger partial charge < -0.3 is 0 Å². The van der Waals surface area contributed by atoms with Gasteiger partial charge in [0.2, 0.25) is 0 Å². The first-order valence-corrected chi connectivity index (χ1v) is 6.21. The van der Waals surface area contributed by atoms with Gasteiger partial charge in [0.05, 0.1) is 5.56 Å². The third-order valence-corrected chi connectivity index (χ3v) is 2.74. The van der Waals surface area contributed by atoms with E-state index in [2.05, 4.69) is 18.0 Å². The van der Waals surface area contributed by atoms with E-state index in [-0.39, 0.29) is 0 Å². The maximum Gasteiger partial charge on any atom is 0.101 e. The van der Waals surface area contributed by atoms with E-state index in [1.54, 1.807) is 6.20 Å². The zero-order chi connectivity index (χ0) is 11.6. The van der Waals surface area contributed by atoms with Gasteiger partial charge in [0.1, 0.15) is 6.07 Å². The highest BCUT2D eigenvalue weighted by Crippen LogP contribution is 2.10. The third-order valence-electron chi connectivity index (χ3n) is 2.74. The minimum atomic E-state index is 0.670. The first kappa shape index (κ1) is 12.7. The molecule has 0 fully saturated rings. The van der Waals surface area contributed by atoms with Crippen LogP contribution in [0.5, 0.6) is 0 Å². The molecule has 1 rings (SSSR count). The second kappa shape index (κ2) is 7.87. The number of pyridine rings is 1. The van der Waals surface area contributed by atoms with Crippen molar-refractivity contribution in [3.05, 3.63) is 29.6 Å². The maximum atomic E-state index is 8.74. The molecule has 0 aliphatic carbocycles. The van der Waals surface area contributed by atoms with Crippen molar-refractivity contribution >= 4 is 0 Å². The molecule has 0 aliphatic rings. The standard InChI is InChI=1S/C14H20N2/c1-2-3-4-5-6-7-8-13-9-14(10-15)12-16-11-13/h9,11-12H,2-8H2,1H3. The largest absolute Gasteiger partial charge is 0.263 e. The van der Waals surface area contributed by atoms with Crippen molar-refractivity contribution in [2.45, 2.75) is 51.9 Å². The first-order valence-electron chi connectivity index (χ1n) is 6.21. The van der Waals surface area contributed by atoms with Crippen LogP contribution in [0, 0.1) is 11.3 Å². The number of rotatable bonds is 7. The summed E-state index contributed by atoms with van der Waals surface area (Å²) in [6, 6.07) is 4.07. The van der Waals surface area contributed by atoms with E-state index in [1.165, 1.54) is 44.1 Å². The zero-order valence-corrected chi connectivity index (χ0v) is 10.1. The Hall–Kier alpha value is -1.36. The molecule has 0 saturated carbocycles. The highest BCUT2D eigenvalue weighted by atomic mass is 14.6. The van der Waals surface area contributed by atoms with Gasteiger partial charge in [-0.05, 0) is 24.5 Å². The fourth-order valence-electron chi connectivity index (χ4n) is 1.79. The number of unbranched alkanes of at least 4 members (excludes halogenated alkanes) is 5. The average Bonchev–Trinajstić information content (AvgIpc) is 2.34. The fourth-order valence-corrected chi connectivity index (χ4v) is 1.79. The van der Waals surface area contributed by atoms with E-state index in [0.29, 0.717) is 5.56 Å². The molecular formula is C14H20N2. The molecule has 0 saturated heterocycles. The molecule has 2 nitrogen and oxygen atoms in total. The molecule has 2 heteroatoms. The number of nitrogens with zero attached hydrogens (tertiary/aromatic N) is 2. The lowest BCUT2D eigenvalue weighted by molar-refractivity contribution is 0.607. The third kappa shape index (κ3) is 4.93. The molecule has 0 aliphatic heterocycles. The quantitative estimate of drug-likeness (QED) is 0.649. The van der Waals surface area contributed by atoms with Crippen molar-refractivity contribution in [2.75, 3.05) is 0 Å². The fraction of sp³-hybridized carbons (Fsp3) is 0.571. The summed E-state index contributed by atoms with van der Waals surface area (Å²) in [5, 5.41) is 8.74. The van der Waals surface area contributed by atoms with Crippen molar-refractivity contribution in [3.63, 3.8) is 0 Å². The van der Waals surface area contributed by atoms with Crippen LogP contribution >= 0.6 is 0 Å². The Bertz CT molecular complexity index is 339.